The first kappa shape index (κ1) is 13.2. The second kappa shape index (κ2) is 5.08. The van der Waals surface area contributed by atoms with E-state index in [1.807, 2.05) is 24.5 Å². The molecule has 1 aromatic heterocycles. The Bertz CT molecular complexity index is 637. The van der Waals surface area contributed by atoms with E-state index in [2.05, 4.69) is 29.1 Å². The first-order valence-corrected chi connectivity index (χ1v) is 7.96. The van der Waals surface area contributed by atoms with Gasteiger partial charge in [-0.25, -0.2) is 0 Å². The van der Waals surface area contributed by atoms with Crippen LogP contribution in [0.5, 0.6) is 0 Å². The molecule has 2 fully saturated rings. The lowest BCUT2D eigenvalue weighted by molar-refractivity contribution is 0.0364. The minimum atomic E-state index is -0.366. The first-order chi connectivity index (χ1) is 10.2. The summed E-state index contributed by atoms with van der Waals surface area (Å²) in [6, 6.07) is 9.54. The third kappa shape index (κ3) is 2.16. The molecule has 4 rings (SSSR count). The van der Waals surface area contributed by atoms with Crippen molar-refractivity contribution in [3.8, 4) is 0 Å². The SMILES string of the molecule is CN1C2CCC1CC(C(O)c1cccc3ccncc13)C2. The molecule has 2 aliphatic rings. The van der Waals surface area contributed by atoms with E-state index in [1.165, 1.54) is 12.8 Å². The average Bonchev–Trinajstić information content (AvgIpc) is 2.75. The van der Waals surface area contributed by atoms with Crippen molar-refractivity contribution in [2.45, 2.75) is 43.9 Å². The lowest BCUT2D eigenvalue weighted by atomic mass is 9.83. The van der Waals surface area contributed by atoms with Gasteiger partial charge in [0.15, 0.2) is 0 Å². The largest absolute Gasteiger partial charge is 0.388 e. The highest BCUT2D eigenvalue weighted by Crippen LogP contribution is 2.43. The summed E-state index contributed by atoms with van der Waals surface area (Å²) in [6.07, 6.45) is 8.15. The van der Waals surface area contributed by atoms with Crippen LogP contribution in [0.15, 0.2) is 36.7 Å². The van der Waals surface area contributed by atoms with Gasteiger partial charge in [0.1, 0.15) is 0 Å². The van der Waals surface area contributed by atoms with Crippen LogP contribution in [0.25, 0.3) is 10.8 Å². The Morgan fingerprint density at radius 3 is 2.71 bits per heavy atom. The molecule has 2 aromatic rings. The van der Waals surface area contributed by atoms with Crippen LogP contribution in [-0.2, 0) is 0 Å². The van der Waals surface area contributed by atoms with E-state index in [-0.39, 0.29) is 6.10 Å². The van der Waals surface area contributed by atoms with Gasteiger partial charge in [-0.1, -0.05) is 18.2 Å². The summed E-state index contributed by atoms with van der Waals surface area (Å²) in [6.45, 7) is 0. The third-order valence-electron chi connectivity index (χ3n) is 5.62. The lowest BCUT2D eigenvalue weighted by Gasteiger charge is -2.38. The summed E-state index contributed by atoms with van der Waals surface area (Å²) in [5.74, 6) is 0.379. The smallest absolute Gasteiger partial charge is 0.0825 e. The Balaban J connectivity index is 1.66. The fourth-order valence-corrected chi connectivity index (χ4v) is 4.36. The van der Waals surface area contributed by atoms with Gasteiger partial charge in [-0.2, -0.15) is 0 Å². The molecule has 1 N–H and O–H groups in total. The van der Waals surface area contributed by atoms with Crippen LogP contribution in [0.3, 0.4) is 0 Å². The van der Waals surface area contributed by atoms with Gasteiger partial charge in [0.2, 0.25) is 0 Å². The molecule has 3 unspecified atom stereocenters. The number of hydrogen-bond donors (Lipinski definition) is 1. The molecule has 0 aliphatic carbocycles. The zero-order valence-electron chi connectivity index (χ0n) is 12.4. The average molecular weight is 282 g/mol. The lowest BCUT2D eigenvalue weighted by Crippen LogP contribution is -2.41. The van der Waals surface area contributed by atoms with Gasteiger partial charge >= 0.3 is 0 Å². The summed E-state index contributed by atoms with van der Waals surface area (Å²) in [7, 11) is 2.24. The molecule has 2 saturated heterocycles. The Morgan fingerprint density at radius 2 is 1.95 bits per heavy atom. The fourth-order valence-electron chi connectivity index (χ4n) is 4.36. The second-order valence-electron chi connectivity index (χ2n) is 6.67. The number of nitrogens with zero attached hydrogens (tertiary/aromatic N) is 2. The van der Waals surface area contributed by atoms with Crippen LogP contribution in [-0.4, -0.2) is 34.1 Å². The van der Waals surface area contributed by atoms with Crippen molar-refractivity contribution in [2.75, 3.05) is 7.05 Å². The van der Waals surface area contributed by atoms with Gasteiger partial charge in [-0.05, 0) is 55.7 Å². The van der Waals surface area contributed by atoms with E-state index in [0.717, 1.165) is 29.2 Å². The predicted octanol–water partition coefficient (Wildman–Crippen LogP) is 3.14. The first-order valence-electron chi connectivity index (χ1n) is 7.96. The molecule has 2 bridgehead atoms. The topological polar surface area (TPSA) is 36.4 Å². The number of aliphatic hydroxyl groups excluding tert-OH is 1. The monoisotopic (exact) mass is 282 g/mol. The van der Waals surface area contributed by atoms with Gasteiger partial charge < -0.3 is 10.0 Å². The maximum atomic E-state index is 10.9. The molecule has 110 valence electrons. The Hall–Kier alpha value is -1.45. The van der Waals surface area contributed by atoms with Crippen molar-refractivity contribution in [1.82, 2.24) is 9.88 Å². The van der Waals surface area contributed by atoms with Crippen LogP contribution >= 0.6 is 0 Å². The fraction of sp³-hybridized carbons (Fsp3) is 0.500. The summed E-state index contributed by atoms with van der Waals surface area (Å²) in [4.78, 5) is 6.76. The molecular weight excluding hydrogens is 260 g/mol. The molecule has 21 heavy (non-hydrogen) atoms. The molecule has 3 nitrogen and oxygen atoms in total. The van der Waals surface area contributed by atoms with Crippen LogP contribution in [0.1, 0.15) is 37.4 Å². The highest BCUT2D eigenvalue weighted by atomic mass is 16.3. The number of rotatable bonds is 2. The number of piperidine rings is 1. The van der Waals surface area contributed by atoms with E-state index >= 15 is 0 Å². The zero-order valence-corrected chi connectivity index (χ0v) is 12.4. The molecule has 0 radical (unpaired) electrons. The predicted molar refractivity (Wildman–Crippen MR) is 84.0 cm³/mol. The van der Waals surface area contributed by atoms with E-state index < -0.39 is 0 Å². The van der Waals surface area contributed by atoms with Crippen molar-refractivity contribution >= 4 is 10.8 Å². The van der Waals surface area contributed by atoms with Crippen LogP contribution < -0.4 is 0 Å². The maximum Gasteiger partial charge on any atom is 0.0825 e. The van der Waals surface area contributed by atoms with Gasteiger partial charge in [0.25, 0.3) is 0 Å². The molecule has 0 spiro atoms. The van der Waals surface area contributed by atoms with Crippen molar-refractivity contribution in [3.63, 3.8) is 0 Å². The highest BCUT2D eigenvalue weighted by molar-refractivity contribution is 5.85. The van der Waals surface area contributed by atoms with E-state index in [0.29, 0.717) is 18.0 Å². The zero-order chi connectivity index (χ0) is 14.4. The minimum absolute atomic E-state index is 0.366. The van der Waals surface area contributed by atoms with Crippen molar-refractivity contribution in [3.05, 3.63) is 42.2 Å². The number of aliphatic hydroxyl groups is 1. The molecule has 0 amide bonds. The van der Waals surface area contributed by atoms with Crippen LogP contribution in [0.2, 0.25) is 0 Å². The number of benzene rings is 1. The van der Waals surface area contributed by atoms with Crippen molar-refractivity contribution < 1.29 is 5.11 Å². The third-order valence-corrected chi connectivity index (χ3v) is 5.62. The van der Waals surface area contributed by atoms with Crippen molar-refractivity contribution in [2.24, 2.45) is 5.92 Å². The van der Waals surface area contributed by atoms with E-state index in [4.69, 9.17) is 0 Å². The quantitative estimate of drug-likeness (QED) is 0.919. The van der Waals surface area contributed by atoms with Gasteiger partial charge in [0, 0.05) is 29.9 Å². The number of hydrogen-bond acceptors (Lipinski definition) is 3. The van der Waals surface area contributed by atoms with E-state index in [9.17, 15) is 5.11 Å². The van der Waals surface area contributed by atoms with Crippen LogP contribution in [0, 0.1) is 5.92 Å². The molecule has 0 saturated carbocycles. The summed E-state index contributed by atoms with van der Waals surface area (Å²) in [5, 5.41) is 13.2. The van der Waals surface area contributed by atoms with Crippen LogP contribution in [0.4, 0.5) is 0 Å². The minimum Gasteiger partial charge on any atom is -0.388 e. The Morgan fingerprint density at radius 1 is 1.19 bits per heavy atom. The van der Waals surface area contributed by atoms with Gasteiger partial charge in [-0.15, -0.1) is 0 Å². The summed E-state index contributed by atoms with van der Waals surface area (Å²) in [5.41, 5.74) is 1.05. The Labute approximate surface area is 125 Å². The summed E-state index contributed by atoms with van der Waals surface area (Å²) < 4.78 is 0. The molecule has 3 atom stereocenters. The molecule has 2 aliphatic heterocycles. The molecule has 3 heteroatoms. The van der Waals surface area contributed by atoms with Gasteiger partial charge in [-0.3, -0.25) is 4.98 Å². The van der Waals surface area contributed by atoms with Gasteiger partial charge in [0.05, 0.1) is 6.10 Å². The maximum absolute atomic E-state index is 10.9. The standard InChI is InChI=1S/C18H22N2O/c1-20-14-5-6-15(20)10-13(9-14)18(21)16-4-2-3-12-7-8-19-11-17(12)16/h2-4,7-8,11,13-15,18,21H,5-6,9-10H2,1H3. The van der Waals surface area contributed by atoms with E-state index in [1.54, 1.807) is 0 Å². The molecule has 3 heterocycles. The van der Waals surface area contributed by atoms with Crippen molar-refractivity contribution in [1.29, 1.82) is 0 Å². The number of aromatic nitrogens is 1. The normalized spacial score (nSPS) is 30.7. The number of pyridine rings is 1. The number of fused-ring (bicyclic) bond motifs is 3. The highest BCUT2D eigenvalue weighted by Gasteiger charge is 2.41. The molecule has 1 aromatic carbocycles. The second-order valence-corrected chi connectivity index (χ2v) is 6.67. The Kier molecular flexibility index (Phi) is 3.20. The summed E-state index contributed by atoms with van der Waals surface area (Å²) >= 11 is 0. The molecular formula is C18H22N2O.